The first kappa shape index (κ1) is 13.4. The molecule has 0 atom stereocenters. The van der Waals surface area contributed by atoms with Crippen molar-refractivity contribution in [2.75, 3.05) is 13.7 Å². The molecular formula is C9H11NO6S. The lowest BCUT2D eigenvalue weighted by atomic mass is 10.3. The van der Waals surface area contributed by atoms with E-state index in [1.165, 1.54) is 25.3 Å². The maximum atomic E-state index is 11.7. The average molecular weight is 261 g/mol. The first-order chi connectivity index (χ1) is 7.97. The quantitative estimate of drug-likeness (QED) is 0.698. The van der Waals surface area contributed by atoms with Gasteiger partial charge in [-0.1, -0.05) is 17.0 Å². The van der Waals surface area contributed by atoms with E-state index < -0.39 is 22.6 Å². The predicted molar refractivity (Wildman–Crippen MR) is 56.9 cm³/mol. The van der Waals surface area contributed by atoms with Crippen LogP contribution in [-0.4, -0.2) is 33.2 Å². The topological polar surface area (TPSA) is 102 Å². The fourth-order valence-electron chi connectivity index (χ4n) is 1.05. The van der Waals surface area contributed by atoms with E-state index >= 15 is 0 Å². The molecule has 0 saturated heterocycles. The second-order valence-electron chi connectivity index (χ2n) is 2.92. The molecule has 0 aliphatic heterocycles. The minimum Gasteiger partial charge on any atom is -0.495 e. The Morgan fingerprint density at radius 1 is 1.41 bits per heavy atom. The zero-order valence-corrected chi connectivity index (χ0v) is 9.73. The molecule has 0 saturated carbocycles. The Labute approximate surface area is 98.0 Å². The van der Waals surface area contributed by atoms with Crippen molar-refractivity contribution in [3.8, 4) is 5.75 Å². The summed E-state index contributed by atoms with van der Waals surface area (Å²) in [5.74, 6) is -1.15. The SMILES string of the molecule is COc1ccccc1S(=O)(=O)NOCC(=O)O. The van der Waals surface area contributed by atoms with Crippen LogP contribution in [0.5, 0.6) is 5.75 Å². The van der Waals surface area contributed by atoms with Gasteiger partial charge in [-0.2, -0.15) is 0 Å². The number of methoxy groups -OCH3 is 1. The molecule has 0 amide bonds. The van der Waals surface area contributed by atoms with Crippen molar-refractivity contribution in [2.24, 2.45) is 0 Å². The Morgan fingerprint density at radius 3 is 2.65 bits per heavy atom. The van der Waals surface area contributed by atoms with Crippen LogP contribution in [0.3, 0.4) is 0 Å². The first-order valence-electron chi connectivity index (χ1n) is 4.46. The zero-order chi connectivity index (χ0) is 12.9. The highest BCUT2D eigenvalue weighted by Crippen LogP contribution is 2.22. The number of carboxylic acid groups (broad SMARTS) is 1. The maximum absolute atomic E-state index is 11.7. The molecular weight excluding hydrogens is 250 g/mol. The monoisotopic (exact) mass is 261 g/mol. The number of hydrogen-bond acceptors (Lipinski definition) is 5. The standard InChI is InChI=1S/C9H11NO6S/c1-15-7-4-2-3-5-8(7)17(13,14)10-16-6-9(11)12/h2-5,10H,6H2,1H3,(H,11,12). The molecule has 0 spiro atoms. The Morgan fingerprint density at radius 2 is 2.06 bits per heavy atom. The number of rotatable bonds is 6. The van der Waals surface area contributed by atoms with E-state index in [0.717, 1.165) is 0 Å². The fraction of sp³-hybridized carbons (Fsp3) is 0.222. The first-order valence-corrected chi connectivity index (χ1v) is 5.94. The molecule has 17 heavy (non-hydrogen) atoms. The highest BCUT2D eigenvalue weighted by atomic mass is 32.2. The van der Waals surface area contributed by atoms with Crippen molar-refractivity contribution in [1.82, 2.24) is 4.89 Å². The van der Waals surface area contributed by atoms with Crippen LogP contribution in [0.2, 0.25) is 0 Å². The summed E-state index contributed by atoms with van der Waals surface area (Å²) in [6.07, 6.45) is 0. The fourth-order valence-corrected chi connectivity index (χ4v) is 2.03. The van der Waals surface area contributed by atoms with Crippen molar-refractivity contribution in [1.29, 1.82) is 0 Å². The van der Waals surface area contributed by atoms with E-state index in [-0.39, 0.29) is 10.6 Å². The number of aliphatic carboxylic acids is 1. The molecule has 7 nitrogen and oxygen atoms in total. The summed E-state index contributed by atoms with van der Waals surface area (Å²) in [6.45, 7) is -0.769. The Bertz CT molecular complexity index is 498. The molecule has 1 aromatic carbocycles. The van der Waals surface area contributed by atoms with Crippen molar-refractivity contribution < 1.29 is 27.9 Å². The van der Waals surface area contributed by atoms with Gasteiger partial charge in [-0.25, -0.2) is 13.2 Å². The molecule has 0 unspecified atom stereocenters. The number of benzene rings is 1. The van der Waals surface area contributed by atoms with Crippen molar-refractivity contribution in [3.05, 3.63) is 24.3 Å². The summed E-state index contributed by atoms with van der Waals surface area (Å²) < 4.78 is 28.2. The summed E-state index contributed by atoms with van der Waals surface area (Å²) in [5.41, 5.74) is 0. The van der Waals surface area contributed by atoms with Gasteiger partial charge in [-0.15, -0.1) is 0 Å². The molecule has 0 aliphatic rings. The van der Waals surface area contributed by atoms with Gasteiger partial charge in [-0.05, 0) is 12.1 Å². The van der Waals surface area contributed by atoms with Gasteiger partial charge < -0.3 is 9.84 Å². The van der Waals surface area contributed by atoms with Crippen LogP contribution in [0.4, 0.5) is 0 Å². The summed E-state index contributed by atoms with van der Waals surface area (Å²) in [7, 11) is -2.63. The van der Waals surface area contributed by atoms with E-state index in [9.17, 15) is 13.2 Å². The lowest BCUT2D eigenvalue weighted by molar-refractivity contribution is -0.143. The Kier molecular flexibility index (Phi) is 4.44. The summed E-state index contributed by atoms with van der Waals surface area (Å²) >= 11 is 0. The van der Waals surface area contributed by atoms with Gasteiger partial charge in [0.25, 0.3) is 10.0 Å². The van der Waals surface area contributed by atoms with Gasteiger partial charge in [-0.3, -0.25) is 4.84 Å². The highest BCUT2D eigenvalue weighted by molar-refractivity contribution is 7.89. The molecule has 1 aromatic rings. The van der Waals surface area contributed by atoms with Crippen LogP contribution in [-0.2, 0) is 19.7 Å². The number of carboxylic acids is 1. The Balaban J connectivity index is 2.86. The van der Waals surface area contributed by atoms with Crippen LogP contribution in [0, 0.1) is 0 Å². The summed E-state index contributed by atoms with van der Waals surface area (Å²) in [6, 6.07) is 5.89. The molecule has 94 valence electrons. The third-order valence-corrected chi connectivity index (χ3v) is 2.98. The minimum absolute atomic E-state index is 0.132. The third-order valence-electron chi connectivity index (χ3n) is 1.72. The molecule has 8 heteroatoms. The van der Waals surface area contributed by atoms with Crippen LogP contribution in [0.25, 0.3) is 0 Å². The van der Waals surface area contributed by atoms with Crippen LogP contribution >= 0.6 is 0 Å². The van der Waals surface area contributed by atoms with Crippen molar-refractivity contribution in [2.45, 2.75) is 4.90 Å². The number of para-hydroxylation sites is 1. The van der Waals surface area contributed by atoms with E-state index in [0.29, 0.717) is 0 Å². The highest BCUT2D eigenvalue weighted by Gasteiger charge is 2.19. The molecule has 0 aromatic heterocycles. The van der Waals surface area contributed by atoms with Crippen LogP contribution < -0.4 is 9.62 Å². The molecule has 1 rings (SSSR count). The van der Waals surface area contributed by atoms with E-state index in [2.05, 4.69) is 4.84 Å². The van der Waals surface area contributed by atoms with E-state index in [4.69, 9.17) is 9.84 Å². The average Bonchev–Trinajstić information content (AvgIpc) is 2.28. The molecule has 0 bridgehead atoms. The van der Waals surface area contributed by atoms with Crippen molar-refractivity contribution in [3.63, 3.8) is 0 Å². The lowest BCUT2D eigenvalue weighted by Crippen LogP contribution is -2.27. The van der Waals surface area contributed by atoms with Gasteiger partial charge in [0.1, 0.15) is 10.6 Å². The van der Waals surface area contributed by atoms with E-state index in [1.807, 2.05) is 0 Å². The second kappa shape index (κ2) is 5.62. The Hall–Kier alpha value is -1.64. The van der Waals surface area contributed by atoms with Gasteiger partial charge in [0.15, 0.2) is 6.61 Å². The zero-order valence-electron chi connectivity index (χ0n) is 8.91. The predicted octanol–water partition coefficient (Wildman–Crippen LogP) is -0.0103. The number of hydrogen-bond donors (Lipinski definition) is 2. The van der Waals surface area contributed by atoms with Gasteiger partial charge in [0.05, 0.1) is 7.11 Å². The number of sulfonamides is 1. The van der Waals surface area contributed by atoms with Crippen LogP contribution in [0.15, 0.2) is 29.2 Å². The number of carbonyl (C=O) groups is 1. The maximum Gasteiger partial charge on any atom is 0.331 e. The second-order valence-corrected chi connectivity index (χ2v) is 4.53. The number of ether oxygens (including phenoxy) is 1. The molecule has 0 heterocycles. The lowest BCUT2D eigenvalue weighted by Gasteiger charge is -2.09. The molecule has 0 radical (unpaired) electrons. The van der Waals surface area contributed by atoms with Gasteiger partial charge >= 0.3 is 5.97 Å². The summed E-state index contributed by atoms with van der Waals surface area (Å²) in [4.78, 5) is 16.0. The van der Waals surface area contributed by atoms with Gasteiger partial charge in [0.2, 0.25) is 0 Å². The molecule has 2 N–H and O–H groups in total. The van der Waals surface area contributed by atoms with E-state index in [1.54, 1.807) is 11.0 Å². The summed E-state index contributed by atoms with van der Waals surface area (Å²) in [5, 5.41) is 8.30. The number of nitrogens with one attached hydrogen (secondary N) is 1. The molecule has 0 fully saturated rings. The van der Waals surface area contributed by atoms with Crippen molar-refractivity contribution >= 4 is 16.0 Å². The van der Waals surface area contributed by atoms with Crippen LogP contribution in [0.1, 0.15) is 0 Å². The third kappa shape index (κ3) is 3.70. The molecule has 0 aliphatic carbocycles. The normalized spacial score (nSPS) is 11.1. The van der Waals surface area contributed by atoms with Gasteiger partial charge in [0, 0.05) is 0 Å². The largest absolute Gasteiger partial charge is 0.495 e. The smallest absolute Gasteiger partial charge is 0.331 e. The minimum atomic E-state index is -3.96.